The summed E-state index contributed by atoms with van der Waals surface area (Å²) in [5.74, 6) is -1.39. The number of piperazine rings is 1. The Morgan fingerprint density at radius 2 is 2.03 bits per heavy atom. The minimum atomic E-state index is -1.29. The van der Waals surface area contributed by atoms with E-state index >= 15 is 4.39 Å². The van der Waals surface area contributed by atoms with Crippen molar-refractivity contribution in [1.29, 1.82) is 0 Å². The number of halogens is 1. The van der Waals surface area contributed by atoms with Crippen LogP contribution < -0.4 is 15.5 Å². The van der Waals surface area contributed by atoms with Crippen LogP contribution in [0.4, 0.5) is 4.39 Å². The standard InChI is InChI=1S/C24H30FN3O4/c1-14-12-27(10-9-26-14)24(7-3-4-8-24)19-18(25)11-16-20(22(19)32-2)28(15-5-6-15)13-17(21(16)29)23(30)31/h11,13-15,26H,3-10,12H2,1-2H3,(H,30,31). The number of carboxylic acids is 1. The molecule has 5 rings (SSSR count). The number of methoxy groups -OCH3 is 1. The molecule has 0 amide bonds. The molecule has 1 saturated heterocycles. The van der Waals surface area contributed by atoms with Crippen LogP contribution in [-0.4, -0.2) is 53.3 Å². The average molecular weight is 444 g/mol. The summed E-state index contributed by atoms with van der Waals surface area (Å²) in [6.45, 7) is 4.61. The molecule has 8 heteroatoms. The molecule has 7 nitrogen and oxygen atoms in total. The molecule has 0 bridgehead atoms. The third-order valence-electron chi connectivity index (χ3n) is 7.47. The number of hydrogen-bond donors (Lipinski definition) is 2. The van der Waals surface area contributed by atoms with Gasteiger partial charge in [0.15, 0.2) is 5.75 Å². The minimum Gasteiger partial charge on any atom is -0.494 e. The highest BCUT2D eigenvalue weighted by atomic mass is 19.1. The van der Waals surface area contributed by atoms with Crippen molar-refractivity contribution in [3.8, 4) is 5.75 Å². The number of nitrogens with zero attached hydrogens (tertiary/aromatic N) is 2. The molecule has 0 spiro atoms. The monoisotopic (exact) mass is 443 g/mol. The molecule has 2 aromatic rings. The second-order valence-corrected chi connectivity index (χ2v) is 9.52. The third kappa shape index (κ3) is 3.23. The summed E-state index contributed by atoms with van der Waals surface area (Å²) in [6.07, 6.45) is 6.89. The zero-order valence-electron chi connectivity index (χ0n) is 18.6. The van der Waals surface area contributed by atoms with Crippen LogP contribution in [0.1, 0.15) is 67.4 Å². The fourth-order valence-electron chi connectivity index (χ4n) is 5.88. The maximum Gasteiger partial charge on any atom is 0.341 e. The van der Waals surface area contributed by atoms with Crippen LogP contribution in [0.2, 0.25) is 0 Å². The van der Waals surface area contributed by atoms with Crippen molar-refractivity contribution in [2.75, 3.05) is 26.7 Å². The molecule has 3 aliphatic rings. The first-order valence-electron chi connectivity index (χ1n) is 11.5. The van der Waals surface area contributed by atoms with E-state index in [2.05, 4.69) is 17.1 Å². The Morgan fingerprint density at radius 1 is 1.31 bits per heavy atom. The predicted molar refractivity (Wildman–Crippen MR) is 119 cm³/mol. The topological polar surface area (TPSA) is 83.8 Å². The van der Waals surface area contributed by atoms with E-state index in [1.807, 2.05) is 4.57 Å². The van der Waals surface area contributed by atoms with Crippen LogP contribution in [0.15, 0.2) is 17.1 Å². The molecule has 32 heavy (non-hydrogen) atoms. The number of fused-ring (bicyclic) bond motifs is 1. The molecule has 1 atom stereocenters. The van der Waals surface area contributed by atoms with Gasteiger partial charge >= 0.3 is 5.97 Å². The molecule has 2 heterocycles. The van der Waals surface area contributed by atoms with Gasteiger partial charge in [0.2, 0.25) is 5.43 Å². The van der Waals surface area contributed by atoms with Crippen molar-refractivity contribution in [1.82, 2.24) is 14.8 Å². The van der Waals surface area contributed by atoms with E-state index in [4.69, 9.17) is 4.74 Å². The van der Waals surface area contributed by atoms with E-state index in [0.29, 0.717) is 22.9 Å². The van der Waals surface area contributed by atoms with Crippen molar-refractivity contribution in [3.05, 3.63) is 39.4 Å². The number of aromatic nitrogens is 1. The number of rotatable bonds is 5. The molecule has 2 aliphatic carbocycles. The van der Waals surface area contributed by atoms with Crippen LogP contribution in [0.25, 0.3) is 10.9 Å². The highest BCUT2D eigenvalue weighted by Gasteiger charge is 2.47. The lowest BCUT2D eigenvalue weighted by atomic mass is 9.83. The van der Waals surface area contributed by atoms with Crippen molar-refractivity contribution in [2.45, 2.75) is 63.1 Å². The Morgan fingerprint density at radius 3 is 2.62 bits per heavy atom. The van der Waals surface area contributed by atoms with Crippen LogP contribution >= 0.6 is 0 Å². The van der Waals surface area contributed by atoms with E-state index in [9.17, 15) is 14.7 Å². The van der Waals surface area contributed by atoms with Gasteiger partial charge in [-0.15, -0.1) is 0 Å². The molecular weight excluding hydrogens is 413 g/mol. The van der Waals surface area contributed by atoms with Crippen molar-refractivity contribution < 1.29 is 19.0 Å². The van der Waals surface area contributed by atoms with Gasteiger partial charge in [0.05, 0.1) is 29.1 Å². The second-order valence-electron chi connectivity index (χ2n) is 9.52. The van der Waals surface area contributed by atoms with Gasteiger partial charge < -0.3 is 19.7 Å². The second kappa shape index (κ2) is 7.85. The number of benzene rings is 1. The lowest BCUT2D eigenvalue weighted by Crippen LogP contribution is -2.57. The SMILES string of the molecule is COc1c(C2(N3CCNC(C)C3)CCCC2)c(F)cc2c(=O)c(C(=O)O)cn(C3CC3)c12. The van der Waals surface area contributed by atoms with Gasteiger partial charge in [-0.2, -0.15) is 0 Å². The Bertz CT molecular complexity index is 1130. The molecule has 0 radical (unpaired) electrons. The zero-order chi connectivity index (χ0) is 22.6. The molecule has 2 saturated carbocycles. The summed E-state index contributed by atoms with van der Waals surface area (Å²) >= 11 is 0. The molecule has 3 fully saturated rings. The van der Waals surface area contributed by atoms with Gasteiger partial charge in [0, 0.05) is 37.9 Å². The Labute approximate surface area is 186 Å². The number of hydrogen-bond acceptors (Lipinski definition) is 5. The molecule has 1 aromatic heterocycles. The van der Waals surface area contributed by atoms with Gasteiger partial charge in [-0.25, -0.2) is 9.18 Å². The third-order valence-corrected chi connectivity index (χ3v) is 7.47. The van der Waals surface area contributed by atoms with Gasteiger partial charge in [0.1, 0.15) is 11.4 Å². The summed E-state index contributed by atoms with van der Waals surface area (Å²) < 4.78 is 23.7. The predicted octanol–water partition coefficient (Wildman–Crippen LogP) is 3.25. The highest BCUT2D eigenvalue weighted by molar-refractivity contribution is 5.95. The van der Waals surface area contributed by atoms with Crippen molar-refractivity contribution in [2.24, 2.45) is 0 Å². The smallest absolute Gasteiger partial charge is 0.341 e. The summed E-state index contributed by atoms with van der Waals surface area (Å²) in [5, 5.41) is 13.1. The van der Waals surface area contributed by atoms with E-state index in [0.717, 1.165) is 58.2 Å². The molecule has 1 unspecified atom stereocenters. The number of carbonyl (C=O) groups is 1. The van der Waals surface area contributed by atoms with Gasteiger partial charge in [-0.05, 0) is 38.7 Å². The zero-order valence-corrected chi connectivity index (χ0v) is 18.6. The van der Waals surface area contributed by atoms with E-state index in [1.54, 1.807) is 0 Å². The van der Waals surface area contributed by atoms with Crippen LogP contribution in [0, 0.1) is 5.82 Å². The Kier molecular flexibility index (Phi) is 5.25. The molecule has 2 N–H and O–H groups in total. The summed E-state index contributed by atoms with van der Waals surface area (Å²) in [7, 11) is 1.52. The number of carboxylic acid groups (broad SMARTS) is 1. The number of ether oxygens (including phenoxy) is 1. The van der Waals surface area contributed by atoms with Crippen molar-refractivity contribution in [3.63, 3.8) is 0 Å². The van der Waals surface area contributed by atoms with Gasteiger partial charge in [-0.1, -0.05) is 12.8 Å². The molecule has 172 valence electrons. The lowest BCUT2D eigenvalue weighted by molar-refractivity contribution is 0.0554. The Balaban J connectivity index is 1.81. The Hall–Kier alpha value is -2.45. The van der Waals surface area contributed by atoms with E-state index in [1.165, 1.54) is 19.4 Å². The van der Waals surface area contributed by atoms with Crippen LogP contribution in [-0.2, 0) is 5.54 Å². The first-order valence-corrected chi connectivity index (χ1v) is 11.5. The quantitative estimate of drug-likeness (QED) is 0.738. The van der Waals surface area contributed by atoms with Gasteiger partial charge in [0.25, 0.3) is 0 Å². The first kappa shape index (κ1) is 21.4. The van der Waals surface area contributed by atoms with Crippen molar-refractivity contribution >= 4 is 16.9 Å². The maximum absolute atomic E-state index is 16.0. The average Bonchev–Trinajstić information content (AvgIpc) is 3.49. The highest BCUT2D eigenvalue weighted by Crippen LogP contribution is 2.51. The molecular formula is C24H30FN3O4. The fraction of sp³-hybridized carbons (Fsp3) is 0.583. The molecule has 1 aromatic carbocycles. The van der Waals surface area contributed by atoms with Crippen LogP contribution in [0.5, 0.6) is 5.75 Å². The maximum atomic E-state index is 16.0. The van der Waals surface area contributed by atoms with E-state index < -0.39 is 22.8 Å². The summed E-state index contributed by atoms with van der Waals surface area (Å²) in [4.78, 5) is 27.1. The largest absolute Gasteiger partial charge is 0.494 e. The summed E-state index contributed by atoms with van der Waals surface area (Å²) in [5.41, 5.74) is -0.433. The number of nitrogens with one attached hydrogen (secondary N) is 1. The minimum absolute atomic E-state index is 0.0803. The first-order chi connectivity index (χ1) is 15.4. The summed E-state index contributed by atoms with van der Waals surface area (Å²) in [6, 6.07) is 1.66. The van der Waals surface area contributed by atoms with Crippen LogP contribution in [0.3, 0.4) is 0 Å². The normalized spacial score (nSPS) is 23.5. The fourth-order valence-corrected chi connectivity index (χ4v) is 5.88. The number of pyridine rings is 1. The van der Waals surface area contributed by atoms with E-state index in [-0.39, 0.29) is 17.0 Å². The molecule has 1 aliphatic heterocycles. The lowest BCUT2D eigenvalue weighted by Gasteiger charge is -2.46. The van der Waals surface area contributed by atoms with Gasteiger partial charge in [-0.3, -0.25) is 9.69 Å². The number of aromatic carboxylic acids is 1.